The maximum atomic E-state index is 5.28. The van der Waals surface area contributed by atoms with Crippen LogP contribution in [-0.4, -0.2) is 14.2 Å². The zero-order valence-corrected chi connectivity index (χ0v) is 14.7. The summed E-state index contributed by atoms with van der Waals surface area (Å²) in [5.41, 5.74) is 3.67. The Kier molecular flexibility index (Phi) is 5.61. The fourth-order valence-corrected chi connectivity index (χ4v) is 2.36. The third-order valence-electron chi connectivity index (χ3n) is 3.69. The van der Waals surface area contributed by atoms with Gasteiger partial charge >= 0.3 is 0 Å². The Morgan fingerprint density at radius 1 is 0.500 bits per heavy atom. The van der Waals surface area contributed by atoms with Crippen molar-refractivity contribution in [2.75, 3.05) is 14.2 Å². The maximum Gasteiger partial charge on any atom is 0.123 e. The van der Waals surface area contributed by atoms with Crippen LogP contribution in [0.15, 0.2) is 72.8 Å². The van der Waals surface area contributed by atoms with Gasteiger partial charge in [0, 0.05) is 28.3 Å². The van der Waals surface area contributed by atoms with Crippen molar-refractivity contribution in [3.63, 3.8) is 0 Å². The third-order valence-corrected chi connectivity index (χ3v) is 3.69. The van der Waals surface area contributed by atoms with Gasteiger partial charge in [-0.25, -0.2) is 0 Å². The molecule has 0 aliphatic carbocycles. The summed E-state index contributed by atoms with van der Waals surface area (Å²) in [6.07, 6.45) is 0. The van der Waals surface area contributed by atoms with Crippen LogP contribution in [-0.2, 0) is 0 Å². The van der Waals surface area contributed by atoms with E-state index >= 15 is 0 Å². The predicted octanol–water partition coefficient (Wildman–Crippen LogP) is 4.50. The van der Waals surface area contributed by atoms with Crippen LogP contribution in [0.2, 0.25) is 0 Å². The molecule has 2 heteroatoms. The molecule has 0 aromatic heterocycles. The number of ether oxygens (including phenoxy) is 2. The van der Waals surface area contributed by atoms with Crippen LogP contribution in [0.4, 0.5) is 0 Å². The van der Waals surface area contributed by atoms with Gasteiger partial charge in [0.15, 0.2) is 0 Å². The van der Waals surface area contributed by atoms with Gasteiger partial charge in [-0.1, -0.05) is 47.9 Å². The normalized spacial score (nSPS) is 9.31. The van der Waals surface area contributed by atoms with Gasteiger partial charge in [-0.05, 0) is 42.5 Å². The molecule has 0 unspecified atom stereocenters. The Labute approximate surface area is 154 Å². The predicted molar refractivity (Wildman–Crippen MR) is 104 cm³/mol. The Balaban J connectivity index is 1.84. The molecule has 0 saturated heterocycles. The highest BCUT2D eigenvalue weighted by Gasteiger charge is 1.99. The quantitative estimate of drug-likeness (QED) is 0.640. The summed E-state index contributed by atoms with van der Waals surface area (Å²) in [7, 11) is 3.25. The van der Waals surface area contributed by atoms with E-state index in [1.54, 1.807) is 14.2 Å². The monoisotopic (exact) mass is 338 g/mol. The van der Waals surface area contributed by atoms with Gasteiger partial charge in [0.2, 0.25) is 0 Å². The molecule has 26 heavy (non-hydrogen) atoms. The van der Waals surface area contributed by atoms with Crippen molar-refractivity contribution in [2.24, 2.45) is 0 Å². The van der Waals surface area contributed by atoms with E-state index in [0.29, 0.717) is 0 Å². The first-order valence-corrected chi connectivity index (χ1v) is 8.19. The minimum Gasteiger partial charge on any atom is -0.497 e. The van der Waals surface area contributed by atoms with Gasteiger partial charge in [0.05, 0.1) is 14.2 Å². The van der Waals surface area contributed by atoms with Crippen LogP contribution in [0.25, 0.3) is 0 Å². The fraction of sp³-hybridized carbons (Fsp3) is 0.0833. The third kappa shape index (κ3) is 4.69. The van der Waals surface area contributed by atoms with Crippen LogP contribution in [0.1, 0.15) is 22.3 Å². The molecular formula is C24H18O2. The molecule has 0 saturated carbocycles. The SMILES string of the molecule is COc1cc(C#Cc2cccc(C#Cc3ccccc3)c2)cc(OC)c1. The van der Waals surface area contributed by atoms with E-state index in [1.165, 1.54) is 0 Å². The van der Waals surface area contributed by atoms with Crippen molar-refractivity contribution in [3.05, 3.63) is 95.1 Å². The second-order valence-corrected chi connectivity index (χ2v) is 5.55. The first kappa shape index (κ1) is 17.2. The van der Waals surface area contributed by atoms with Gasteiger partial charge in [-0.15, -0.1) is 0 Å². The number of hydrogen-bond acceptors (Lipinski definition) is 2. The van der Waals surface area contributed by atoms with Crippen molar-refractivity contribution < 1.29 is 9.47 Å². The molecular weight excluding hydrogens is 320 g/mol. The average Bonchev–Trinajstić information content (AvgIpc) is 2.71. The molecule has 126 valence electrons. The second-order valence-electron chi connectivity index (χ2n) is 5.55. The lowest BCUT2D eigenvalue weighted by Gasteiger charge is -2.04. The molecule has 0 bridgehead atoms. The summed E-state index contributed by atoms with van der Waals surface area (Å²) in [5, 5.41) is 0. The highest BCUT2D eigenvalue weighted by Crippen LogP contribution is 2.21. The lowest BCUT2D eigenvalue weighted by molar-refractivity contribution is 0.394. The van der Waals surface area contributed by atoms with Crippen LogP contribution >= 0.6 is 0 Å². The number of methoxy groups -OCH3 is 2. The van der Waals surface area contributed by atoms with Gasteiger partial charge in [0.25, 0.3) is 0 Å². The molecule has 0 heterocycles. The molecule has 0 N–H and O–H groups in total. The van der Waals surface area contributed by atoms with Crippen LogP contribution in [0.5, 0.6) is 11.5 Å². The molecule has 2 nitrogen and oxygen atoms in total. The van der Waals surface area contributed by atoms with E-state index in [-0.39, 0.29) is 0 Å². The van der Waals surface area contributed by atoms with Gasteiger partial charge in [-0.3, -0.25) is 0 Å². The average molecular weight is 338 g/mol. The summed E-state index contributed by atoms with van der Waals surface area (Å²) >= 11 is 0. The number of benzene rings is 3. The summed E-state index contributed by atoms with van der Waals surface area (Å²) in [6.45, 7) is 0. The molecule has 0 aliphatic rings. The first-order valence-electron chi connectivity index (χ1n) is 8.19. The molecule has 0 fully saturated rings. The largest absolute Gasteiger partial charge is 0.497 e. The second kappa shape index (κ2) is 8.47. The zero-order chi connectivity index (χ0) is 18.2. The fourth-order valence-electron chi connectivity index (χ4n) is 2.36. The summed E-state index contributed by atoms with van der Waals surface area (Å²) in [6, 6.07) is 23.4. The number of rotatable bonds is 2. The topological polar surface area (TPSA) is 18.5 Å². The van der Waals surface area contributed by atoms with Gasteiger partial charge in [-0.2, -0.15) is 0 Å². The summed E-state index contributed by atoms with van der Waals surface area (Å²) in [5.74, 6) is 14.1. The van der Waals surface area contributed by atoms with Crippen LogP contribution in [0.3, 0.4) is 0 Å². The summed E-state index contributed by atoms with van der Waals surface area (Å²) < 4.78 is 10.6. The van der Waals surface area contributed by atoms with Crippen molar-refractivity contribution in [1.29, 1.82) is 0 Å². The molecule has 3 aromatic rings. The van der Waals surface area contributed by atoms with Crippen molar-refractivity contribution in [2.45, 2.75) is 0 Å². The molecule has 0 aliphatic heterocycles. The standard InChI is InChI=1S/C24H18O2/c1-25-23-16-22(17-24(18-23)26-2)14-13-21-10-6-9-20(15-21)12-11-19-7-4-3-5-8-19/h3-10,15-18H,1-2H3. The molecule has 3 rings (SSSR count). The molecule has 0 radical (unpaired) electrons. The van der Waals surface area contributed by atoms with E-state index in [2.05, 4.69) is 23.7 Å². The van der Waals surface area contributed by atoms with E-state index in [0.717, 1.165) is 33.8 Å². The zero-order valence-electron chi connectivity index (χ0n) is 14.7. The van der Waals surface area contributed by atoms with Crippen molar-refractivity contribution in [1.82, 2.24) is 0 Å². The van der Waals surface area contributed by atoms with Crippen LogP contribution < -0.4 is 9.47 Å². The Morgan fingerprint density at radius 3 is 1.58 bits per heavy atom. The Morgan fingerprint density at radius 2 is 1.00 bits per heavy atom. The van der Waals surface area contributed by atoms with Gasteiger partial charge < -0.3 is 9.47 Å². The highest BCUT2D eigenvalue weighted by molar-refractivity contribution is 5.51. The molecule has 3 aromatic carbocycles. The van der Waals surface area contributed by atoms with E-state index in [1.807, 2.05) is 72.8 Å². The lowest BCUT2D eigenvalue weighted by atomic mass is 10.1. The summed E-state index contributed by atoms with van der Waals surface area (Å²) in [4.78, 5) is 0. The lowest BCUT2D eigenvalue weighted by Crippen LogP contribution is -1.88. The minimum absolute atomic E-state index is 0.719. The molecule has 0 amide bonds. The molecule has 0 atom stereocenters. The van der Waals surface area contributed by atoms with E-state index in [4.69, 9.17) is 9.47 Å². The Hall–Kier alpha value is -3.62. The Bertz CT molecular complexity index is 990. The smallest absolute Gasteiger partial charge is 0.123 e. The van der Waals surface area contributed by atoms with E-state index in [9.17, 15) is 0 Å². The first-order chi connectivity index (χ1) is 12.8. The highest BCUT2D eigenvalue weighted by atomic mass is 16.5. The van der Waals surface area contributed by atoms with E-state index < -0.39 is 0 Å². The number of hydrogen-bond donors (Lipinski definition) is 0. The minimum atomic E-state index is 0.719. The van der Waals surface area contributed by atoms with Crippen LogP contribution in [0, 0.1) is 23.7 Å². The maximum absolute atomic E-state index is 5.28. The van der Waals surface area contributed by atoms with Crippen molar-refractivity contribution >= 4 is 0 Å². The molecule has 0 spiro atoms. The van der Waals surface area contributed by atoms with Crippen molar-refractivity contribution in [3.8, 4) is 35.2 Å². The van der Waals surface area contributed by atoms with Gasteiger partial charge in [0.1, 0.15) is 11.5 Å².